The first kappa shape index (κ1) is 16.7. The Balaban J connectivity index is 0. The Morgan fingerprint density at radius 1 is 0.571 bits per heavy atom. The molecule has 0 nitrogen and oxygen atoms in total. The van der Waals surface area contributed by atoms with Gasteiger partial charge in [-0.15, -0.1) is 11.6 Å². The molecule has 0 aromatic rings. The van der Waals surface area contributed by atoms with Gasteiger partial charge in [0.05, 0.1) is 0 Å². The average molecular weight is 221 g/mol. The highest BCUT2D eigenvalue weighted by atomic mass is 35.5. The summed E-state index contributed by atoms with van der Waals surface area (Å²) in [4.78, 5) is 0. The van der Waals surface area contributed by atoms with Crippen molar-refractivity contribution in [2.45, 2.75) is 78.6 Å². The second kappa shape index (κ2) is 19.0. The Kier molecular flexibility index (Phi) is 22.6. The van der Waals surface area contributed by atoms with Gasteiger partial charge >= 0.3 is 0 Å². The molecule has 0 amide bonds. The molecule has 0 saturated heterocycles. The highest BCUT2D eigenvalue weighted by Crippen LogP contribution is 2.07. The van der Waals surface area contributed by atoms with E-state index in [1.807, 2.05) is 6.92 Å². The first-order valence-electron chi connectivity index (χ1n) is 6.39. The van der Waals surface area contributed by atoms with Gasteiger partial charge in [-0.25, -0.2) is 0 Å². The summed E-state index contributed by atoms with van der Waals surface area (Å²) < 4.78 is 0. The first-order chi connectivity index (χ1) is 6.83. The van der Waals surface area contributed by atoms with Crippen LogP contribution in [0.4, 0.5) is 0 Å². The molecular formula is C13H29Cl. The molecule has 0 aliphatic heterocycles. The summed E-state index contributed by atoms with van der Waals surface area (Å²) >= 11 is 5.19. The van der Waals surface area contributed by atoms with E-state index in [9.17, 15) is 0 Å². The molecule has 0 aliphatic rings. The van der Waals surface area contributed by atoms with Crippen molar-refractivity contribution < 1.29 is 0 Å². The Hall–Kier alpha value is 0.290. The number of rotatable bonds is 8. The average Bonchev–Trinajstić information content (AvgIpc) is 2.24. The predicted molar refractivity (Wildman–Crippen MR) is 69.3 cm³/mol. The zero-order valence-corrected chi connectivity index (χ0v) is 11.2. The zero-order valence-electron chi connectivity index (χ0n) is 10.4. The fourth-order valence-corrected chi connectivity index (χ4v) is 1.21. The van der Waals surface area contributed by atoms with Gasteiger partial charge in [-0.3, -0.25) is 0 Å². The molecule has 0 aliphatic carbocycles. The van der Waals surface area contributed by atoms with Crippen LogP contribution >= 0.6 is 11.6 Å². The van der Waals surface area contributed by atoms with Crippen LogP contribution in [0.2, 0.25) is 0 Å². The van der Waals surface area contributed by atoms with Gasteiger partial charge < -0.3 is 0 Å². The van der Waals surface area contributed by atoms with Crippen LogP contribution in [0.3, 0.4) is 0 Å². The highest BCUT2D eigenvalue weighted by molar-refractivity contribution is 6.17. The number of hydrogen-bond donors (Lipinski definition) is 0. The van der Waals surface area contributed by atoms with Crippen molar-refractivity contribution in [1.29, 1.82) is 0 Å². The molecule has 0 N–H and O–H groups in total. The van der Waals surface area contributed by atoms with Crippen LogP contribution in [-0.2, 0) is 0 Å². The van der Waals surface area contributed by atoms with Crippen LogP contribution in [0.25, 0.3) is 0 Å². The molecule has 0 fully saturated rings. The molecule has 0 radical (unpaired) electrons. The van der Waals surface area contributed by atoms with Crippen LogP contribution in [0, 0.1) is 0 Å². The topological polar surface area (TPSA) is 0 Å². The normalized spacial score (nSPS) is 9.43. The second-order valence-corrected chi connectivity index (χ2v) is 4.19. The number of unbranched alkanes of at least 4 members (excludes halogenated alkanes) is 7. The third kappa shape index (κ3) is 22.8. The summed E-state index contributed by atoms with van der Waals surface area (Å²) in [6.45, 7) is 6.59. The zero-order chi connectivity index (χ0) is 11.1. The largest absolute Gasteiger partial charge is 0.127 e. The summed E-state index contributed by atoms with van der Waals surface area (Å²) in [6, 6.07) is 0. The SMILES string of the molecule is CCCCCCCCCC.CCCCl. The van der Waals surface area contributed by atoms with E-state index < -0.39 is 0 Å². The molecule has 0 unspecified atom stereocenters. The fourth-order valence-electron chi connectivity index (χ4n) is 1.21. The first-order valence-corrected chi connectivity index (χ1v) is 6.92. The van der Waals surface area contributed by atoms with Gasteiger partial charge in [0.1, 0.15) is 0 Å². The van der Waals surface area contributed by atoms with E-state index in [1.54, 1.807) is 0 Å². The number of alkyl halides is 1. The lowest BCUT2D eigenvalue weighted by Gasteiger charge is -1.97. The van der Waals surface area contributed by atoms with Crippen molar-refractivity contribution in [3.05, 3.63) is 0 Å². The molecule has 0 bridgehead atoms. The summed E-state index contributed by atoms with van der Waals surface area (Å²) in [5.74, 6) is 0.792. The third-order valence-electron chi connectivity index (χ3n) is 2.15. The van der Waals surface area contributed by atoms with Crippen molar-refractivity contribution in [3.8, 4) is 0 Å². The van der Waals surface area contributed by atoms with Crippen LogP contribution in [-0.4, -0.2) is 5.88 Å². The van der Waals surface area contributed by atoms with Gasteiger partial charge in [-0.05, 0) is 6.42 Å². The summed E-state index contributed by atoms with van der Waals surface area (Å²) in [7, 11) is 0. The van der Waals surface area contributed by atoms with Gasteiger partial charge in [0.2, 0.25) is 0 Å². The van der Waals surface area contributed by atoms with E-state index in [-0.39, 0.29) is 0 Å². The quantitative estimate of drug-likeness (QED) is 0.359. The van der Waals surface area contributed by atoms with Gasteiger partial charge in [-0.2, -0.15) is 0 Å². The van der Waals surface area contributed by atoms with Crippen molar-refractivity contribution in [1.82, 2.24) is 0 Å². The minimum absolute atomic E-state index is 0.792. The monoisotopic (exact) mass is 220 g/mol. The van der Waals surface area contributed by atoms with Gasteiger partial charge in [0.15, 0.2) is 0 Å². The van der Waals surface area contributed by atoms with E-state index in [0.29, 0.717) is 0 Å². The molecule has 0 saturated carbocycles. The fraction of sp³-hybridized carbons (Fsp3) is 1.00. The lowest BCUT2D eigenvalue weighted by Crippen LogP contribution is -1.77. The Labute approximate surface area is 96.4 Å². The second-order valence-electron chi connectivity index (χ2n) is 3.81. The Bertz CT molecular complexity index is 61.6. The Morgan fingerprint density at radius 3 is 1.07 bits per heavy atom. The van der Waals surface area contributed by atoms with Crippen LogP contribution in [0.5, 0.6) is 0 Å². The maximum absolute atomic E-state index is 5.19. The summed E-state index contributed by atoms with van der Waals surface area (Å²) in [6.07, 6.45) is 12.5. The molecule has 0 atom stereocenters. The molecule has 14 heavy (non-hydrogen) atoms. The lowest BCUT2D eigenvalue weighted by atomic mass is 10.1. The molecular weight excluding hydrogens is 192 g/mol. The maximum Gasteiger partial charge on any atom is 0.0220 e. The number of halogens is 1. The van der Waals surface area contributed by atoms with E-state index in [1.165, 1.54) is 51.4 Å². The molecule has 1 heteroatoms. The minimum Gasteiger partial charge on any atom is -0.127 e. The van der Waals surface area contributed by atoms with Crippen molar-refractivity contribution in [2.24, 2.45) is 0 Å². The highest BCUT2D eigenvalue weighted by Gasteiger charge is 1.87. The summed E-state index contributed by atoms with van der Waals surface area (Å²) in [5, 5.41) is 0. The van der Waals surface area contributed by atoms with Gasteiger partial charge in [0, 0.05) is 5.88 Å². The van der Waals surface area contributed by atoms with Crippen molar-refractivity contribution >= 4 is 11.6 Å². The van der Waals surface area contributed by atoms with Crippen LogP contribution in [0.1, 0.15) is 78.6 Å². The Morgan fingerprint density at radius 2 is 0.857 bits per heavy atom. The minimum atomic E-state index is 0.792. The molecule has 0 aromatic carbocycles. The van der Waals surface area contributed by atoms with Crippen LogP contribution in [0.15, 0.2) is 0 Å². The van der Waals surface area contributed by atoms with Crippen molar-refractivity contribution in [2.75, 3.05) is 5.88 Å². The van der Waals surface area contributed by atoms with Crippen LogP contribution < -0.4 is 0 Å². The van der Waals surface area contributed by atoms with E-state index in [0.717, 1.165) is 12.3 Å². The smallest absolute Gasteiger partial charge is 0.0220 e. The molecule has 0 rings (SSSR count). The van der Waals surface area contributed by atoms with Gasteiger partial charge in [0.25, 0.3) is 0 Å². The lowest BCUT2D eigenvalue weighted by molar-refractivity contribution is 0.585. The standard InChI is InChI=1S/C10H22.C3H7Cl/c1-3-5-7-9-10-8-6-4-2;1-2-3-4/h3-10H2,1-2H3;2-3H2,1H3. The third-order valence-corrected chi connectivity index (χ3v) is 2.52. The molecule has 0 aromatic heterocycles. The van der Waals surface area contributed by atoms with Crippen molar-refractivity contribution in [3.63, 3.8) is 0 Å². The molecule has 0 spiro atoms. The number of hydrogen-bond acceptors (Lipinski definition) is 0. The molecule has 0 heterocycles. The van der Waals surface area contributed by atoms with E-state index in [4.69, 9.17) is 11.6 Å². The maximum atomic E-state index is 5.19. The predicted octanol–water partition coefficient (Wildman–Crippen LogP) is 5.78. The van der Waals surface area contributed by atoms with Gasteiger partial charge in [-0.1, -0.05) is 72.1 Å². The summed E-state index contributed by atoms with van der Waals surface area (Å²) in [5.41, 5.74) is 0. The van der Waals surface area contributed by atoms with E-state index in [2.05, 4.69) is 13.8 Å². The van der Waals surface area contributed by atoms with E-state index >= 15 is 0 Å². The molecule has 88 valence electrons.